The number of thiol groups is 2. The molecule has 1 aromatic rings. The highest BCUT2D eigenvalue weighted by molar-refractivity contribution is 7.80. The van der Waals surface area contributed by atoms with Crippen molar-refractivity contribution in [1.29, 1.82) is 0 Å². The molecule has 1 fully saturated rings. The fraction of sp³-hybridized carbons (Fsp3) is 0.646. The zero-order valence-corrected chi connectivity index (χ0v) is 49.0. The molecule has 1 aliphatic rings. The predicted molar refractivity (Wildman–Crippen MR) is 318 cm³/mol. The number of carbonyl (C=O) groups is 11. The van der Waals surface area contributed by atoms with Crippen LogP contribution in [0.25, 0.3) is 0 Å². The number of hydrogen-bond donors (Lipinski definition) is 21. The van der Waals surface area contributed by atoms with E-state index in [1.807, 2.05) is 0 Å². The number of unbranched alkanes of at least 4 members (excludes halogenated alkanes) is 1. The first-order valence-corrected chi connectivity index (χ1v) is 28.6. The molecule has 35 nitrogen and oxygen atoms in total. The second kappa shape index (κ2) is 39.4. The van der Waals surface area contributed by atoms with E-state index in [-0.39, 0.29) is 120 Å². The Morgan fingerprint density at radius 1 is 0.612 bits per heavy atom. The molecule has 0 aromatic carbocycles. The standard InChI is InChI=1S/C48H85N23O12S2/c49-14-2-1-7-28(65-37(74)26(50)22-84)39(76)67-29(9-4-16-60-47(54)55)40(77)68-31(12-13-35(51)72)42(79)69-32(19-25-20-58-24-63-25)44(81)71-18-6-11-34(71)43(80)62-21-36(73)64-27(8-3-15-59-46(52)53)38(75)66-30(10-5-17-61-48(56)57)41(78)70-33(23-85)45(82)83/h20,24,26-34,84-85H,1-19,21-23,49-50H2,(H2,51,72)(H,58,63)(H,62,80)(H,64,73)(H,65,74)(H,66,75)(H,67,76)(H,68,77)(H,69,79)(H,70,78)(H,82,83)(H4,52,53,59)(H4,54,55,60)(H4,56,57,61)/t26-,27-,28-,29-,30-,31-,32-,33-,34-/m0/s1. The summed E-state index contributed by atoms with van der Waals surface area (Å²) in [5.41, 5.74) is 50.1. The van der Waals surface area contributed by atoms with Crippen molar-refractivity contribution in [3.63, 3.8) is 0 Å². The summed E-state index contributed by atoms with van der Waals surface area (Å²) in [7, 11) is 0. The molecule has 9 atom stereocenters. The summed E-state index contributed by atoms with van der Waals surface area (Å²) in [4.78, 5) is 168. The number of amides is 10. The maximum atomic E-state index is 14.6. The number of hydrogen-bond acceptors (Lipinski definition) is 19. The molecule has 10 amide bonds. The third kappa shape index (κ3) is 28.3. The number of aliphatic imine (C=N–C) groups is 3. The van der Waals surface area contributed by atoms with Crippen LogP contribution in [-0.2, 0) is 59.2 Å². The lowest BCUT2D eigenvalue weighted by Crippen LogP contribution is -2.60. The summed E-state index contributed by atoms with van der Waals surface area (Å²) in [6, 6.07) is -12.0. The van der Waals surface area contributed by atoms with Gasteiger partial charge in [0.15, 0.2) is 17.9 Å². The monoisotopic (exact) mass is 1240 g/mol. The van der Waals surface area contributed by atoms with Crippen molar-refractivity contribution in [2.75, 3.05) is 50.8 Å². The van der Waals surface area contributed by atoms with Crippen LogP contribution in [0, 0.1) is 0 Å². The third-order valence-corrected chi connectivity index (χ3v) is 13.6. The normalized spacial score (nSPS) is 15.5. The number of guanidine groups is 3. The minimum atomic E-state index is -1.57. The first-order valence-electron chi connectivity index (χ1n) is 27.3. The van der Waals surface area contributed by atoms with E-state index in [0.29, 0.717) is 31.5 Å². The molecule has 1 saturated heterocycles. The quantitative estimate of drug-likeness (QED) is 0.0125. The lowest BCUT2D eigenvalue weighted by molar-refractivity contribution is -0.142. The number of carboxylic acid groups (broad SMARTS) is 1. The molecule has 0 radical (unpaired) electrons. The molecule has 0 bridgehead atoms. The van der Waals surface area contributed by atoms with E-state index in [1.165, 1.54) is 17.4 Å². The predicted octanol–water partition coefficient (Wildman–Crippen LogP) is -8.72. The van der Waals surface area contributed by atoms with Crippen LogP contribution in [0.5, 0.6) is 0 Å². The highest BCUT2D eigenvalue weighted by Gasteiger charge is 2.40. The Morgan fingerprint density at radius 3 is 1.48 bits per heavy atom. The number of nitrogens with two attached hydrogens (primary N) is 9. The highest BCUT2D eigenvalue weighted by Crippen LogP contribution is 2.20. The van der Waals surface area contributed by atoms with Crippen LogP contribution >= 0.6 is 25.3 Å². The Labute approximate surface area is 501 Å². The molecule has 2 heterocycles. The number of nitrogens with one attached hydrogen (secondary N) is 9. The molecular weight excluding hydrogens is 1150 g/mol. The van der Waals surface area contributed by atoms with E-state index < -0.39 is 132 Å². The number of aliphatic carboxylic acids is 1. The molecule has 1 aliphatic heterocycles. The first kappa shape index (κ1) is 72.9. The number of aromatic nitrogens is 2. The summed E-state index contributed by atoms with van der Waals surface area (Å²) >= 11 is 8.03. The van der Waals surface area contributed by atoms with Crippen LogP contribution in [-0.4, -0.2) is 208 Å². The van der Waals surface area contributed by atoms with Crippen LogP contribution < -0.4 is 94.1 Å². The van der Waals surface area contributed by atoms with E-state index in [4.69, 9.17) is 51.6 Å². The largest absolute Gasteiger partial charge is 0.480 e. The maximum absolute atomic E-state index is 14.6. The van der Waals surface area contributed by atoms with Gasteiger partial charge in [0.1, 0.15) is 48.3 Å². The second-order valence-electron chi connectivity index (χ2n) is 19.6. The number of primary amides is 1. The van der Waals surface area contributed by atoms with Crippen LogP contribution in [0.15, 0.2) is 27.5 Å². The van der Waals surface area contributed by atoms with Crippen LogP contribution in [0.3, 0.4) is 0 Å². The van der Waals surface area contributed by atoms with Crippen LogP contribution in [0.2, 0.25) is 0 Å². The van der Waals surface area contributed by atoms with Gasteiger partial charge >= 0.3 is 5.97 Å². The molecule has 476 valence electrons. The SMILES string of the molecule is NCCCC[C@H](NC(=O)[C@@H](N)CS)C(=O)N[C@@H](CCCN=C(N)N)C(=O)N[C@@H](CCC(N)=O)C(=O)N[C@@H](Cc1cnc[nH]1)C(=O)N1CCC[C@H]1C(=O)NCC(=O)N[C@@H](CCCN=C(N)N)C(=O)N[C@@H](CCCN=C(N)N)C(=O)N[C@@H](CS)C(=O)O. The van der Waals surface area contributed by atoms with Gasteiger partial charge < -0.3 is 109 Å². The average Bonchev–Trinajstić information content (AvgIpc) is 3.34. The number of H-pyrrole nitrogens is 1. The van der Waals surface area contributed by atoms with Crippen molar-refractivity contribution < 1.29 is 57.8 Å². The Kier molecular flexibility index (Phi) is 33.8. The van der Waals surface area contributed by atoms with E-state index >= 15 is 0 Å². The molecule has 1 aromatic heterocycles. The van der Waals surface area contributed by atoms with E-state index in [0.717, 1.165) is 0 Å². The van der Waals surface area contributed by atoms with E-state index in [9.17, 15) is 57.8 Å². The minimum Gasteiger partial charge on any atom is -0.480 e. The Morgan fingerprint density at radius 2 is 1.06 bits per heavy atom. The lowest BCUT2D eigenvalue weighted by Gasteiger charge is -2.30. The summed E-state index contributed by atoms with van der Waals surface area (Å²) in [5, 5.41) is 29.8. The van der Waals surface area contributed by atoms with E-state index in [1.54, 1.807) is 0 Å². The van der Waals surface area contributed by atoms with E-state index in [2.05, 4.69) is 92.7 Å². The molecule has 28 N–H and O–H groups in total. The van der Waals surface area contributed by atoms with Gasteiger partial charge in [-0.1, -0.05) is 0 Å². The van der Waals surface area contributed by atoms with Gasteiger partial charge in [0.25, 0.3) is 0 Å². The van der Waals surface area contributed by atoms with Gasteiger partial charge in [-0.15, -0.1) is 0 Å². The average molecular weight is 1240 g/mol. The van der Waals surface area contributed by atoms with Gasteiger partial charge in [-0.3, -0.25) is 62.9 Å². The number of carbonyl (C=O) groups excluding carboxylic acids is 10. The number of likely N-dealkylation sites (tertiary alicyclic amines) is 1. The van der Waals surface area contributed by atoms with Crippen molar-refractivity contribution in [3.8, 4) is 0 Å². The number of aromatic amines is 1. The fourth-order valence-corrected chi connectivity index (χ4v) is 8.81. The molecule has 0 spiro atoms. The van der Waals surface area contributed by atoms with Crippen LogP contribution in [0.1, 0.15) is 89.2 Å². The van der Waals surface area contributed by atoms with Crippen molar-refractivity contribution in [3.05, 3.63) is 18.2 Å². The highest BCUT2D eigenvalue weighted by atomic mass is 32.1. The molecular formula is C48H85N23O12S2. The molecule has 0 saturated carbocycles. The smallest absolute Gasteiger partial charge is 0.327 e. The van der Waals surface area contributed by atoms with Crippen molar-refractivity contribution in [2.24, 2.45) is 66.6 Å². The van der Waals surface area contributed by atoms with Crippen LogP contribution in [0.4, 0.5) is 0 Å². The minimum absolute atomic E-state index is 0.00965. The summed E-state index contributed by atoms with van der Waals surface area (Å²) in [6.45, 7) is -0.329. The van der Waals surface area contributed by atoms with Gasteiger partial charge in [0, 0.05) is 62.4 Å². The summed E-state index contributed by atoms with van der Waals surface area (Å²) < 4.78 is 0. The Balaban J connectivity index is 2.41. The fourth-order valence-electron chi connectivity index (χ4n) is 8.39. The van der Waals surface area contributed by atoms with Gasteiger partial charge in [-0.05, 0) is 83.6 Å². The van der Waals surface area contributed by atoms with Gasteiger partial charge in [-0.25, -0.2) is 9.78 Å². The second-order valence-corrected chi connectivity index (χ2v) is 20.4. The Hall–Kier alpha value is -8.19. The Bertz CT molecular complexity index is 2480. The topological polar surface area (TPSA) is 607 Å². The molecule has 2 rings (SSSR count). The number of imidazole rings is 1. The van der Waals surface area contributed by atoms with Gasteiger partial charge in [0.05, 0.1) is 18.9 Å². The lowest BCUT2D eigenvalue weighted by atomic mass is 10.0. The van der Waals surface area contributed by atoms with Crippen molar-refractivity contribution >= 4 is 108 Å². The first-order chi connectivity index (χ1) is 40.3. The molecule has 0 unspecified atom stereocenters. The summed E-state index contributed by atoms with van der Waals surface area (Å²) in [6.07, 6.45) is 3.21. The van der Waals surface area contributed by atoms with Crippen molar-refractivity contribution in [1.82, 2.24) is 57.4 Å². The zero-order valence-electron chi connectivity index (χ0n) is 47.2. The van der Waals surface area contributed by atoms with Gasteiger partial charge in [-0.2, -0.15) is 25.3 Å². The van der Waals surface area contributed by atoms with Crippen molar-refractivity contribution in [2.45, 2.75) is 144 Å². The zero-order chi connectivity index (χ0) is 63.6. The maximum Gasteiger partial charge on any atom is 0.327 e. The molecule has 85 heavy (non-hydrogen) atoms. The number of carboxylic acids is 1. The molecule has 37 heteroatoms. The summed E-state index contributed by atoms with van der Waals surface area (Å²) in [5.74, 6) is -10.8. The molecule has 0 aliphatic carbocycles. The number of nitrogens with zero attached hydrogens (tertiary/aromatic N) is 5. The number of rotatable bonds is 41. The third-order valence-electron chi connectivity index (χ3n) is 12.8. The van der Waals surface area contributed by atoms with Gasteiger partial charge in [0.2, 0.25) is 59.1 Å².